The Morgan fingerprint density at radius 3 is 2.33 bits per heavy atom. The van der Waals surface area contributed by atoms with Crippen molar-refractivity contribution in [2.45, 2.75) is 71.3 Å². The number of aliphatic hydroxyl groups excluding tert-OH is 1. The molecule has 0 aromatic rings. The van der Waals surface area contributed by atoms with Crippen molar-refractivity contribution in [3.05, 3.63) is 0 Å². The highest BCUT2D eigenvalue weighted by Crippen LogP contribution is 2.48. The van der Waals surface area contributed by atoms with Crippen LogP contribution in [0.5, 0.6) is 0 Å². The van der Waals surface area contributed by atoms with Gasteiger partial charge in [0.1, 0.15) is 0 Å². The molecule has 88 valence electrons. The molecule has 0 spiro atoms. The van der Waals surface area contributed by atoms with Gasteiger partial charge in [-0.15, -0.1) is 0 Å². The summed E-state index contributed by atoms with van der Waals surface area (Å²) in [5.74, 6) is 1.42. The van der Waals surface area contributed by atoms with Crippen molar-refractivity contribution in [2.75, 3.05) is 0 Å². The highest BCUT2D eigenvalue weighted by Gasteiger charge is 2.39. The van der Waals surface area contributed by atoms with Crippen molar-refractivity contribution >= 4 is 0 Å². The predicted octanol–water partition coefficient (Wildman–Crippen LogP) is 3.75. The number of hydrogen-bond acceptors (Lipinski definition) is 1. The highest BCUT2D eigenvalue weighted by molar-refractivity contribution is 4.90. The lowest BCUT2D eigenvalue weighted by Gasteiger charge is -2.45. The van der Waals surface area contributed by atoms with Crippen molar-refractivity contribution < 1.29 is 5.11 Å². The Labute approximate surface area is 94.3 Å². The number of rotatable bonds is 1. The fraction of sp³-hybridized carbons (Fsp3) is 1.00. The monoisotopic (exact) mass is 210 g/mol. The Balaban J connectivity index is 1.97. The van der Waals surface area contributed by atoms with E-state index in [-0.39, 0.29) is 6.10 Å². The maximum atomic E-state index is 9.78. The molecule has 0 bridgehead atoms. The molecule has 0 saturated heterocycles. The van der Waals surface area contributed by atoms with Crippen LogP contribution >= 0.6 is 0 Å². The molecule has 0 aromatic carbocycles. The van der Waals surface area contributed by atoms with E-state index in [9.17, 15) is 5.11 Å². The van der Waals surface area contributed by atoms with Crippen molar-refractivity contribution in [2.24, 2.45) is 17.3 Å². The van der Waals surface area contributed by atoms with Gasteiger partial charge in [0.2, 0.25) is 0 Å². The summed E-state index contributed by atoms with van der Waals surface area (Å²) in [5, 5.41) is 9.78. The lowest BCUT2D eigenvalue weighted by molar-refractivity contribution is 0.00269. The largest absolute Gasteiger partial charge is 0.393 e. The topological polar surface area (TPSA) is 20.2 Å². The standard InChI is InChI=1S/C14H26O/c1-11-10-12(6-7-13(11)15)14(2)8-4-3-5-9-14/h11-13,15H,3-10H2,1-2H3. The minimum absolute atomic E-state index is 0.0200. The first-order valence-corrected chi connectivity index (χ1v) is 6.80. The smallest absolute Gasteiger partial charge is 0.0566 e. The van der Waals surface area contributed by atoms with Gasteiger partial charge in [0.15, 0.2) is 0 Å². The molecular weight excluding hydrogens is 184 g/mol. The third kappa shape index (κ3) is 2.38. The molecule has 15 heavy (non-hydrogen) atoms. The van der Waals surface area contributed by atoms with Gasteiger partial charge >= 0.3 is 0 Å². The van der Waals surface area contributed by atoms with E-state index in [1.807, 2.05) is 0 Å². The minimum atomic E-state index is -0.0200. The zero-order valence-electron chi connectivity index (χ0n) is 10.3. The van der Waals surface area contributed by atoms with E-state index >= 15 is 0 Å². The fourth-order valence-corrected chi connectivity index (χ4v) is 3.78. The Morgan fingerprint density at radius 1 is 1.07 bits per heavy atom. The van der Waals surface area contributed by atoms with Crippen LogP contribution in [0.4, 0.5) is 0 Å². The van der Waals surface area contributed by atoms with E-state index in [4.69, 9.17) is 0 Å². The zero-order chi connectivity index (χ0) is 10.9. The van der Waals surface area contributed by atoms with Gasteiger partial charge in [0.25, 0.3) is 0 Å². The summed E-state index contributed by atoms with van der Waals surface area (Å²) in [5.41, 5.74) is 0.604. The minimum Gasteiger partial charge on any atom is -0.393 e. The molecule has 0 heterocycles. The first-order chi connectivity index (χ1) is 7.12. The van der Waals surface area contributed by atoms with E-state index in [2.05, 4.69) is 13.8 Å². The van der Waals surface area contributed by atoms with E-state index in [1.165, 1.54) is 44.9 Å². The summed E-state index contributed by atoms with van der Waals surface area (Å²) in [4.78, 5) is 0. The first-order valence-electron chi connectivity index (χ1n) is 6.80. The second kappa shape index (κ2) is 4.45. The van der Waals surface area contributed by atoms with Crippen LogP contribution in [0.25, 0.3) is 0 Å². The molecule has 2 saturated carbocycles. The van der Waals surface area contributed by atoms with Crippen LogP contribution in [0.15, 0.2) is 0 Å². The summed E-state index contributed by atoms with van der Waals surface area (Å²) in [6.07, 6.45) is 10.7. The average molecular weight is 210 g/mol. The van der Waals surface area contributed by atoms with Crippen LogP contribution in [0.3, 0.4) is 0 Å². The molecule has 1 N–H and O–H groups in total. The van der Waals surface area contributed by atoms with Crippen molar-refractivity contribution in [3.8, 4) is 0 Å². The van der Waals surface area contributed by atoms with Crippen LogP contribution < -0.4 is 0 Å². The summed E-state index contributed by atoms with van der Waals surface area (Å²) in [6.45, 7) is 4.73. The van der Waals surface area contributed by atoms with Gasteiger partial charge in [-0.2, -0.15) is 0 Å². The van der Waals surface area contributed by atoms with Crippen LogP contribution in [0.2, 0.25) is 0 Å². The maximum Gasteiger partial charge on any atom is 0.0566 e. The summed E-state index contributed by atoms with van der Waals surface area (Å²) in [6, 6.07) is 0. The van der Waals surface area contributed by atoms with Crippen molar-refractivity contribution in [3.63, 3.8) is 0 Å². The molecule has 2 fully saturated rings. The highest BCUT2D eigenvalue weighted by atomic mass is 16.3. The Kier molecular flexibility index (Phi) is 3.39. The van der Waals surface area contributed by atoms with Crippen molar-refractivity contribution in [1.29, 1.82) is 0 Å². The summed E-state index contributed by atoms with van der Waals surface area (Å²) < 4.78 is 0. The molecule has 3 atom stereocenters. The Hall–Kier alpha value is -0.0400. The zero-order valence-corrected chi connectivity index (χ0v) is 10.3. The lowest BCUT2D eigenvalue weighted by atomic mass is 9.61. The second-order valence-electron chi connectivity index (χ2n) is 6.27. The molecule has 0 aliphatic heterocycles. The van der Waals surface area contributed by atoms with E-state index in [0.29, 0.717) is 11.3 Å². The molecular formula is C14H26O. The third-order valence-corrected chi connectivity index (χ3v) is 5.11. The molecule has 1 nitrogen and oxygen atoms in total. The number of hydrogen-bond donors (Lipinski definition) is 1. The fourth-order valence-electron chi connectivity index (χ4n) is 3.78. The maximum absolute atomic E-state index is 9.78. The van der Waals surface area contributed by atoms with Crippen molar-refractivity contribution in [1.82, 2.24) is 0 Å². The molecule has 1 heteroatoms. The SMILES string of the molecule is CC1CC(C2(C)CCCCC2)CCC1O. The van der Waals surface area contributed by atoms with E-state index < -0.39 is 0 Å². The average Bonchev–Trinajstić information content (AvgIpc) is 2.23. The van der Waals surface area contributed by atoms with Gasteiger partial charge in [-0.3, -0.25) is 0 Å². The first kappa shape index (κ1) is 11.4. The second-order valence-corrected chi connectivity index (χ2v) is 6.27. The molecule has 2 aliphatic rings. The molecule has 0 amide bonds. The predicted molar refractivity (Wildman–Crippen MR) is 63.7 cm³/mol. The number of aliphatic hydroxyl groups is 1. The molecule has 2 rings (SSSR count). The van der Waals surface area contributed by atoms with Crippen LogP contribution in [0.1, 0.15) is 65.2 Å². The van der Waals surface area contributed by atoms with Crippen LogP contribution in [-0.4, -0.2) is 11.2 Å². The third-order valence-electron chi connectivity index (χ3n) is 5.11. The van der Waals surface area contributed by atoms with Gasteiger partial charge in [0.05, 0.1) is 6.10 Å². The Morgan fingerprint density at radius 2 is 1.73 bits per heavy atom. The van der Waals surface area contributed by atoms with E-state index in [1.54, 1.807) is 0 Å². The van der Waals surface area contributed by atoms with Gasteiger partial charge in [0, 0.05) is 0 Å². The van der Waals surface area contributed by atoms with Crippen LogP contribution in [0, 0.1) is 17.3 Å². The molecule has 0 radical (unpaired) electrons. The van der Waals surface area contributed by atoms with Gasteiger partial charge < -0.3 is 5.11 Å². The van der Waals surface area contributed by atoms with Crippen LogP contribution in [-0.2, 0) is 0 Å². The molecule has 3 unspecified atom stereocenters. The molecule has 0 aromatic heterocycles. The summed E-state index contributed by atoms with van der Waals surface area (Å²) in [7, 11) is 0. The lowest BCUT2D eigenvalue weighted by Crippen LogP contribution is -2.37. The van der Waals surface area contributed by atoms with Gasteiger partial charge in [-0.25, -0.2) is 0 Å². The van der Waals surface area contributed by atoms with Gasteiger partial charge in [-0.05, 0) is 49.4 Å². The summed E-state index contributed by atoms with van der Waals surface area (Å²) >= 11 is 0. The normalized spacial score (nSPS) is 41.4. The molecule has 2 aliphatic carbocycles. The quantitative estimate of drug-likeness (QED) is 0.699. The van der Waals surface area contributed by atoms with E-state index in [0.717, 1.165) is 12.3 Å². The Bertz CT molecular complexity index is 205. The van der Waals surface area contributed by atoms with Gasteiger partial charge in [-0.1, -0.05) is 33.1 Å².